The van der Waals surface area contributed by atoms with E-state index in [1.54, 1.807) is 12.4 Å². The van der Waals surface area contributed by atoms with Crippen molar-refractivity contribution in [2.45, 2.75) is 0 Å². The second-order valence-electron chi connectivity index (χ2n) is 5.84. The van der Waals surface area contributed by atoms with Gasteiger partial charge in [-0.3, -0.25) is 9.97 Å². The van der Waals surface area contributed by atoms with E-state index in [0.717, 1.165) is 27.8 Å². The number of rotatable bonds is 3. The number of para-hydroxylation sites is 2. The average Bonchev–Trinajstić information content (AvgIpc) is 3.33. The van der Waals surface area contributed by atoms with E-state index >= 15 is 0 Å². The number of aromatic amines is 1. The lowest BCUT2D eigenvalue weighted by Crippen LogP contribution is -2.19. The smallest absolute Gasteiger partial charge is 0.253 e. The van der Waals surface area contributed by atoms with E-state index in [1.807, 2.05) is 60.7 Å². The summed E-state index contributed by atoms with van der Waals surface area (Å²) in [6.07, 6.45) is 3.47. The fourth-order valence-corrected chi connectivity index (χ4v) is 2.84. The van der Waals surface area contributed by atoms with Gasteiger partial charge in [0.25, 0.3) is 5.96 Å². The monoisotopic (exact) mass is 351 g/mol. The van der Waals surface area contributed by atoms with Gasteiger partial charge in [0.15, 0.2) is 0 Å². The van der Waals surface area contributed by atoms with Gasteiger partial charge >= 0.3 is 0 Å². The molecule has 0 radical (unpaired) electrons. The highest BCUT2D eigenvalue weighted by atomic mass is 15.2. The quantitative estimate of drug-likeness (QED) is 0.615. The molecule has 0 saturated heterocycles. The summed E-state index contributed by atoms with van der Waals surface area (Å²) >= 11 is 0. The van der Waals surface area contributed by atoms with Crippen molar-refractivity contribution < 1.29 is 0 Å². The number of benzene rings is 1. The van der Waals surface area contributed by atoms with E-state index in [4.69, 9.17) is 0 Å². The molecule has 1 aliphatic heterocycles. The molecule has 1 N–H and O–H groups in total. The number of pyridine rings is 2. The van der Waals surface area contributed by atoms with Crippen molar-refractivity contribution in [3.8, 4) is 22.8 Å². The van der Waals surface area contributed by atoms with Gasteiger partial charge in [0.2, 0.25) is 5.95 Å². The third-order valence-electron chi connectivity index (χ3n) is 4.05. The van der Waals surface area contributed by atoms with Crippen molar-refractivity contribution in [3.63, 3.8) is 0 Å². The Morgan fingerprint density at radius 2 is 1.33 bits per heavy atom. The lowest BCUT2D eigenvalue weighted by Gasteiger charge is -2.00. The van der Waals surface area contributed by atoms with Crippen LogP contribution in [0, 0.1) is 0 Å². The lowest BCUT2D eigenvalue weighted by atomic mass is 10.2. The highest BCUT2D eigenvalue weighted by Crippen LogP contribution is 2.30. The molecule has 1 aromatic carbocycles. The van der Waals surface area contributed by atoms with Crippen molar-refractivity contribution in [1.82, 2.24) is 19.9 Å². The maximum Gasteiger partial charge on any atom is 0.253 e. The van der Waals surface area contributed by atoms with Crippen molar-refractivity contribution >= 4 is 11.9 Å². The molecule has 0 fully saturated rings. The van der Waals surface area contributed by atoms with Crippen molar-refractivity contribution in [2.75, 3.05) is 0 Å². The molecule has 7 heteroatoms. The number of aromatic nitrogens is 4. The van der Waals surface area contributed by atoms with Gasteiger partial charge in [0, 0.05) is 12.4 Å². The zero-order chi connectivity index (χ0) is 18.1. The number of guanidine groups is 1. The minimum atomic E-state index is 0.366. The standard InChI is InChI=1S/C20H13N7/c1-2-8-14-13(7-1)23-19(24-14)27-20-25-17(15-9-3-5-11-21-15)18(26-20)16-10-4-6-12-22-16/h1-12H,(H,25,26). The van der Waals surface area contributed by atoms with Gasteiger partial charge in [-0.15, -0.1) is 0 Å². The molecule has 7 nitrogen and oxygen atoms in total. The summed E-state index contributed by atoms with van der Waals surface area (Å²) in [6, 6.07) is 19.1. The predicted molar refractivity (Wildman–Crippen MR) is 101 cm³/mol. The van der Waals surface area contributed by atoms with E-state index < -0.39 is 0 Å². The molecular weight excluding hydrogens is 338 g/mol. The summed E-state index contributed by atoms with van der Waals surface area (Å²) < 4.78 is 0. The molecule has 0 unspecified atom stereocenters. The van der Waals surface area contributed by atoms with Crippen LogP contribution in [0.2, 0.25) is 0 Å². The Morgan fingerprint density at radius 1 is 0.704 bits per heavy atom. The van der Waals surface area contributed by atoms with E-state index in [9.17, 15) is 0 Å². The number of hydrogen-bond donors (Lipinski definition) is 1. The summed E-state index contributed by atoms with van der Waals surface area (Å²) in [5.41, 5.74) is 2.94. The van der Waals surface area contributed by atoms with Gasteiger partial charge in [-0.1, -0.05) is 24.3 Å². The number of H-pyrrole nitrogens is 1. The SMILES string of the molecule is c1ccc(-c2nc(N=C3N=c4ccccc4=N3)[nH]c2-c2ccccn2)nc1. The van der Waals surface area contributed by atoms with Crippen LogP contribution in [0.3, 0.4) is 0 Å². The summed E-state index contributed by atoms with van der Waals surface area (Å²) in [6.45, 7) is 0. The largest absolute Gasteiger partial charge is 0.320 e. The minimum absolute atomic E-state index is 0.366. The molecule has 1 aliphatic rings. The molecule has 4 heterocycles. The molecule has 27 heavy (non-hydrogen) atoms. The zero-order valence-electron chi connectivity index (χ0n) is 14.1. The van der Waals surface area contributed by atoms with Crippen LogP contribution in [-0.2, 0) is 0 Å². The predicted octanol–water partition coefficient (Wildman–Crippen LogP) is 2.47. The van der Waals surface area contributed by atoms with Crippen LogP contribution < -0.4 is 10.7 Å². The Morgan fingerprint density at radius 3 is 1.96 bits per heavy atom. The van der Waals surface area contributed by atoms with Crippen molar-refractivity contribution in [1.29, 1.82) is 0 Å². The summed E-state index contributed by atoms with van der Waals surface area (Å²) in [7, 11) is 0. The molecule has 5 rings (SSSR count). The Balaban J connectivity index is 1.64. The van der Waals surface area contributed by atoms with Gasteiger partial charge in [0.1, 0.15) is 5.69 Å². The number of nitrogens with zero attached hydrogens (tertiary/aromatic N) is 6. The maximum absolute atomic E-state index is 4.62. The first kappa shape index (κ1) is 15.3. The number of fused-ring (bicyclic) bond motifs is 1. The van der Waals surface area contributed by atoms with Crippen molar-refractivity contribution in [2.24, 2.45) is 15.0 Å². The van der Waals surface area contributed by atoms with Crippen molar-refractivity contribution in [3.05, 3.63) is 83.8 Å². The third-order valence-corrected chi connectivity index (χ3v) is 4.05. The molecule has 0 spiro atoms. The number of hydrogen-bond acceptors (Lipinski definition) is 4. The van der Waals surface area contributed by atoms with Crippen LogP contribution in [0.5, 0.6) is 0 Å². The van der Waals surface area contributed by atoms with Crippen LogP contribution >= 0.6 is 0 Å². The van der Waals surface area contributed by atoms with E-state index in [-0.39, 0.29) is 0 Å². The van der Waals surface area contributed by atoms with Gasteiger partial charge in [-0.05, 0) is 36.4 Å². The zero-order valence-corrected chi connectivity index (χ0v) is 14.1. The summed E-state index contributed by atoms with van der Waals surface area (Å²) in [5.74, 6) is 0.775. The first-order valence-corrected chi connectivity index (χ1v) is 8.41. The van der Waals surface area contributed by atoms with Crippen LogP contribution in [0.25, 0.3) is 22.8 Å². The summed E-state index contributed by atoms with van der Waals surface area (Å²) in [4.78, 5) is 30.0. The van der Waals surface area contributed by atoms with Crippen LogP contribution in [0.1, 0.15) is 0 Å². The minimum Gasteiger partial charge on any atom is -0.320 e. The van der Waals surface area contributed by atoms with E-state index in [2.05, 4.69) is 34.9 Å². The van der Waals surface area contributed by atoms with E-state index in [0.29, 0.717) is 17.6 Å². The number of imidazole rings is 1. The van der Waals surface area contributed by atoms with E-state index in [1.165, 1.54) is 0 Å². The molecule has 0 bridgehead atoms. The third kappa shape index (κ3) is 2.91. The Labute approximate surface area is 154 Å². The Kier molecular flexibility index (Phi) is 3.61. The first-order valence-electron chi connectivity index (χ1n) is 8.41. The lowest BCUT2D eigenvalue weighted by molar-refractivity contribution is 1.21. The molecule has 3 aromatic heterocycles. The topological polar surface area (TPSA) is 91.5 Å². The van der Waals surface area contributed by atoms with Gasteiger partial charge in [-0.2, -0.15) is 4.99 Å². The van der Waals surface area contributed by atoms with Crippen LogP contribution in [0.15, 0.2) is 88.0 Å². The highest BCUT2D eigenvalue weighted by molar-refractivity contribution is 5.85. The Bertz CT molecular complexity index is 1160. The molecule has 0 aliphatic carbocycles. The Hall–Kier alpha value is -4.00. The molecule has 0 saturated carbocycles. The average molecular weight is 351 g/mol. The molecule has 0 amide bonds. The van der Waals surface area contributed by atoms with Crippen LogP contribution in [-0.4, -0.2) is 25.9 Å². The molecular formula is C20H13N7. The van der Waals surface area contributed by atoms with Gasteiger partial charge in [0.05, 0.1) is 27.8 Å². The number of aliphatic imine (C=N–C) groups is 1. The normalized spacial score (nSPS) is 12.2. The van der Waals surface area contributed by atoms with Gasteiger partial charge in [-0.25, -0.2) is 15.0 Å². The second kappa shape index (κ2) is 6.38. The van der Waals surface area contributed by atoms with Gasteiger partial charge < -0.3 is 4.98 Å². The maximum atomic E-state index is 4.62. The molecule has 4 aromatic rings. The fourth-order valence-electron chi connectivity index (χ4n) is 2.84. The molecule has 128 valence electrons. The fraction of sp³-hybridized carbons (Fsp3) is 0. The highest BCUT2D eigenvalue weighted by Gasteiger charge is 2.16. The molecule has 0 atom stereocenters. The second-order valence-corrected chi connectivity index (χ2v) is 5.84. The number of nitrogens with one attached hydrogen (secondary N) is 1. The summed E-state index contributed by atoms with van der Waals surface area (Å²) in [5, 5.41) is 1.61. The van der Waals surface area contributed by atoms with Crippen LogP contribution in [0.4, 0.5) is 5.95 Å². The first-order chi connectivity index (χ1) is 13.4.